The average Bonchev–Trinajstić information content (AvgIpc) is 2.44. The third-order valence-corrected chi connectivity index (χ3v) is 4.31. The number of anilines is 1. The molecule has 3 nitrogen and oxygen atoms in total. The zero-order chi connectivity index (χ0) is 15.4. The number of carbonyl (C=O) groups is 1. The molecule has 3 N–H and O–H groups in total. The number of hydrogen-bond donors (Lipinski definition) is 2. The summed E-state index contributed by atoms with van der Waals surface area (Å²) in [6, 6.07) is 13.3. The molecule has 0 spiro atoms. The first kappa shape index (κ1) is 16.0. The van der Waals surface area contributed by atoms with Gasteiger partial charge < -0.3 is 11.1 Å². The predicted octanol–water partition coefficient (Wildman–Crippen LogP) is 4.15. The van der Waals surface area contributed by atoms with Gasteiger partial charge in [0.05, 0.1) is 0 Å². The van der Waals surface area contributed by atoms with E-state index in [-0.39, 0.29) is 11.9 Å². The number of nitrogen functional groups attached to an aromatic ring is 1. The summed E-state index contributed by atoms with van der Waals surface area (Å²) in [6.07, 6.45) is 0.787. The SMILES string of the molecule is CC(Cc1ccc(Br)cc1)NC(=O)c1ccc(N)c(Br)c1. The molecule has 1 atom stereocenters. The van der Waals surface area contributed by atoms with Crippen molar-refractivity contribution in [3.63, 3.8) is 0 Å². The van der Waals surface area contributed by atoms with Gasteiger partial charge in [-0.1, -0.05) is 28.1 Å². The van der Waals surface area contributed by atoms with Crippen LogP contribution in [0.2, 0.25) is 0 Å². The van der Waals surface area contributed by atoms with Crippen LogP contribution < -0.4 is 11.1 Å². The lowest BCUT2D eigenvalue weighted by Gasteiger charge is -2.14. The van der Waals surface area contributed by atoms with Crippen LogP contribution in [0.5, 0.6) is 0 Å². The van der Waals surface area contributed by atoms with Crippen molar-refractivity contribution >= 4 is 43.5 Å². The van der Waals surface area contributed by atoms with Crippen molar-refractivity contribution in [1.29, 1.82) is 0 Å². The van der Waals surface area contributed by atoms with Crippen molar-refractivity contribution in [3.8, 4) is 0 Å². The normalized spacial score (nSPS) is 12.0. The summed E-state index contributed by atoms with van der Waals surface area (Å²) in [6.45, 7) is 1.99. The van der Waals surface area contributed by atoms with E-state index >= 15 is 0 Å². The number of rotatable bonds is 4. The van der Waals surface area contributed by atoms with E-state index in [0.29, 0.717) is 11.3 Å². The molecule has 0 aliphatic heterocycles. The van der Waals surface area contributed by atoms with Crippen molar-refractivity contribution in [2.24, 2.45) is 0 Å². The zero-order valence-corrected chi connectivity index (χ0v) is 14.7. The van der Waals surface area contributed by atoms with E-state index in [2.05, 4.69) is 37.2 Å². The molecule has 0 radical (unpaired) electrons. The molecule has 0 saturated heterocycles. The maximum absolute atomic E-state index is 12.2. The summed E-state index contributed by atoms with van der Waals surface area (Å²) in [4.78, 5) is 12.2. The van der Waals surface area contributed by atoms with Crippen molar-refractivity contribution in [2.45, 2.75) is 19.4 Å². The molecule has 2 aromatic rings. The fraction of sp³-hybridized carbons (Fsp3) is 0.188. The van der Waals surface area contributed by atoms with Gasteiger partial charge in [-0.15, -0.1) is 0 Å². The maximum atomic E-state index is 12.2. The predicted molar refractivity (Wildman–Crippen MR) is 93.3 cm³/mol. The first-order chi connectivity index (χ1) is 9.95. The maximum Gasteiger partial charge on any atom is 0.251 e. The van der Waals surface area contributed by atoms with Gasteiger partial charge in [0.1, 0.15) is 0 Å². The van der Waals surface area contributed by atoms with Crippen molar-refractivity contribution < 1.29 is 4.79 Å². The molecule has 0 aliphatic carbocycles. The van der Waals surface area contributed by atoms with Crippen LogP contribution in [-0.2, 0) is 6.42 Å². The summed E-state index contributed by atoms with van der Waals surface area (Å²) in [5.74, 6) is -0.0969. The number of halogens is 2. The second-order valence-electron chi connectivity index (χ2n) is 4.94. The molecule has 5 heteroatoms. The smallest absolute Gasteiger partial charge is 0.251 e. The second kappa shape index (κ2) is 7.09. The quantitative estimate of drug-likeness (QED) is 0.742. The van der Waals surface area contributed by atoms with Crippen LogP contribution >= 0.6 is 31.9 Å². The van der Waals surface area contributed by atoms with E-state index in [0.717, 1.165) is 15.4 Å². The summed E-state index contributed by atoms with van der Waals surface area (Å²) in [5, 5.41) is 2.99. The summed E-state index contributed by atoms with van der Waals surface area (Å²) in [5.41, 5.74) is 8.12. The van der Waals surface area contributed by atoms with Crippen LogP contribution in [0.15, 0.2) is 51.4 Å². The Hall–Kier alpha value is -1.33. The Labute approximate surface area is 141 Å². The third-order valence-electron chi connectivity index (χ3n) is 3.10. The number of carbonyl (C=O) groups excluding carboxylic acids is 1. The zero-order valence-electron chi connectivity index (χ0n) is 11.6. The molecule has 21 heavy (non-hydrogen) atoms. The minimum absolute atomic E-state index is 0.0509. The molecule has 2 rings (SSSR count). The summed E-state index contributed by atoms with van der Waals surface area (Å²) in [7, 11) is 0. The fourth-order valence-electron chi connectivity index (χ4n) is 2.00. The highest BCUT2D eigenvalue weighted by Gasteiger charge is 2.11. The molecule has 0 bridgehead atoms. The fourth-order valence-corrected chi connectivity index (χ4v) is 2.64. The Morgan fingerprint density at radius 2 is 1.86 bits per heavy atom. The number of hydrogen-bond acceptors (Lipinski definition) is 2. The van der Waals surface area contributed by atoms with Crippen LogP contribution in [0, 0.1) is 0 Å². The monoisotopic (exact) mass is 410 g/mol. The Morgan fingerprint density at radius 3 is 2.48 bits per heavy atom. The van der Waals surface area contributed by atoms with Gasteiger partial charge >= 0.3 is 0 Å². The summed E-state index contributed by atoms with van der Waals surface area (Å²) >= 11 is 6.74. The molecule has 0 saturated carbocycles. The first-order valence-electron chi connectivity index (χ1n) is 6.56. The molecule has 0 aliphatic rings. The molecule has 0 aromatic heterocycles. The molecule has 0 heterocycles. The highest BCUT2D eigenvalue weighted by atomic mass is 79.9. The largest absolute Gasteiger partial charge is 0.398 e. The van der Waals surface area contributed by atoms with E-state index in [9.17, 15) is 4.79 Å². The van der Waals surface area contributed by atoms with Gasteiger partial charge in [-0.05, 0) is 65.2 Å². The number of amides is 1. The average molecular weight is 412 g/mol. The molecule has 0 fully saturated rings. The van der Waals surface area contributed by atoms with Crippen LogP contribution in [-0.4, -0.2) is 11.9 Å². The topological polar surface area (TPSA) is 55.1 Å². The van der Waals surface area contributed by atoms with Gasteiger partial charge in [0.25, 0.3) is 5.91 Å². The Kier molecular flexibility index (Phi) is 5.42. The summed E-state index contributed by atoms with van der Waals surface area (Å²) < 4.78 is 1.78. The third kappa shape index (κ3) is 4.58. The molecular formula is C16H16Br2N2O. The lowest BCUT2D eigenvalue weighted by molar-refractivity contribution is 0.0940. The van der Waals surface area contributed by atoms with Crippen molar-refractivity contribution in [1.82, 2.24) is 5.32 Å². The Bertz CT molecular complexity index is 641. The van der Waals surface area contributed by atoms with Gasteiger partial charge in [0.15, 0.2) is 0 Å². The van der Waals surface area contributed by atoms with Crippen LogP contribution in [0.25, 0.3) is 0 Å². The van der Waals surface area contributed by atoms with Gasteiger partial charge in [0, 0.05) is 26.2 Å². The first-order valence-corrected chi connectivity index (χ1v) is 8.14. The van der Waals surface area contributed by atoms with Gasteiger partial charge in [-0.2, -0.15) is 0 Å². The van der Waals surface area contributed by atoms with Crippen molar-refractivity contribution in [3.05, 3.63) is 62.5 Å². The second-order valence-corrected chi connectivity index (χ2v) is 6.71. The van der Waals surface area contributed by atoms with Crippen LogP contribution in [0.1, 0.15) is 22.8 Å². The molecule has 1 unspecified atom stereocenters. The lowest BCUT2D eigenvalue weighted by Crippen LogP contribution is -2.34. The van der Waals surface area contributed by atoms with Gasteiger partial charge in [-0.25, -0.2) is 0 Å². The highest BCUT2D eigenvalue weighted by molar-refractivity contribution is 9.10. The van der Waals surface area contributed by atoms with Crippen LogP contribution in [0.3, 0.4) is 0 Å². The van der Waals surface area contributed by atoms with E-state index in [1.807, 2.05) is 31.2 Å². The molecular weight excluding hydrogens is 396 g/mol. The van der Waals surface area contributed by atoms with Gasteiger partial charge in [0.2, 0.25) is 0 Å². The van der Waals surface area contributed by atoms with E-state index in [1.165, 1.54) is 5.56 Å². The molecule has 110 valence electrons. The highest BCUT2D eigenvalue weighted by Crippen LogP contribution is 2.20. The molecule has 1 amide bonds. The Balaban J connectivity index is 1.98. The van der Waals surface area contributed by atoms with Gasteiger partial charge in [-0.3, -0.25) is 4.79 Å². The van der Waals surface area contributed by atoms with E-state index < -0.39 is 0 Å². The standard InChI is InChI=1S/C16H16Br2N2O/c1-10(8-11-2-5-13(17)6-3-11)20-16(21)12-4-7-15(19)14(18)9-12/h2-7,9-10H,8,19H2,1H3,(H,20,21). The Morgan fingerprint density at radius 1 is 1.19 bits per heavy atom. The molecule has 2 aromatic carbocycles. The number of nitrogens with two attached hydrogens (primary N) is 1. The minimum Gasteiger partial charge on any atom is -0.398 e. The van der Waals surface area contributed by atoms with E-state index in [1.54, 1.807) is 18.2 Å². The minimum atomic E-state index is -0.0969. The lowest BCUT2D eigenvalue weighted by atomic mass is 10.1. The van der Waals surface area contributed by atoms with Crippen molar-refractivity contribution in [2.75, 3.05) is 5.73 Å². The number of benzene rings is 2. The van der Waals surface area contributed by atoms with E-state index in [4.69, 9.17) is 5.73 Å². The van der Waals surface area contributed by atoms with Crippen LogP contribution in [0.4, 0.5) is 5.69 Å². The number of nitrogens with one attached hydrogen (secondary N) is 1.